The van der Waals surface area contributed by atoms with Crippen LogP contribution in [0.3, 0.4) is 0 Å². The summed E-state index contributed by atoms with van der Waals surface area (Å²) in [4.78, 5) is 16.3. The number of carbonyl (C=O) groups is 1. The molecule has 1 aromatic carbocycles. The standard InChI is InChI=1S/C21H26ClFN4O2/c1-13-9-16(23)17(26-20(29)25-6-5-21(2)3-4-21)12-15(13)14-10-18(22)27-19(11-14)24-7-8-28/h9-12,28H,3-8H2,1-2H3,(H,24,27)(H2,25,26,29). The number of nitrogens with one attached hydrogen (secondary N) is 3. The number of rotatable bonds is 8. The summed E-state index contributed by atoms with van der Waals surface area (Å²) in [7, 11) is 0. The summed E-state index contributed by atoms with van der Waals surface area (Å²) < 4.78 is 14.4. The van der Waals surface area contributed by atoms with E-state index in [0.29, 0.717) is 29.9 Å². The number of aryl methyl sites for hydroxylation is 1. The number of hydrogen-bond acceptors (Lipinski definition) is 4. The fourth-order valence-electron chi connectivity index (χ4n) is 3.11. The minimum Gasteiger partial charge on any atom is -0.395 e. The lowest BCUT2D eigenvalue weighted by Gasteiger charge is -2.14. The second kappa shape index (κ2) is 8.97. The van der Waals surface area contributed by atoms with Crippen LogP contribution in [0.25, 0.3) is 11.1 Å². The average molecular weight is 421 g/mol. The van der Waals surface area contributed by atoms with E-state index in [2.05, 4.69) is 27.9 Å². The summed E-state index contributed by atoms with van der Waals surface area (Å²) in [5.41, 5.74) is 2.60. The van der Waals surface area contributed by atoms with Crippen molar-refractivity contribution in [2.75, 3.05) is 30.3 Å². The van der Waals surface area contributed by atoms with Gasteiger partial charge >= 0.3 is 6.03 Å². The molecule has 1 fully saturated rings. The summed E-state index contributed by atoms with van der Waals surface area (Å²) in [5.74, 6) is 0.000403. The first-order valence-electron chi connectivity index (χ1n) is 9.67. The molecule has 1 aliphatic rings. The normalized spacial score (nSPS) is 14.4. The highest BCUT2D eigenvalue weighted by molar-refractivity contribution is 6.29. The van der Waals surface area contributed by atoms with E-state index < -0.39 is 11.8 Å². The number of amides is 2. The van der Waals surface area contributed by atoms with Crippen LogP contribution in [0.1, 0.15) is 31.7 Å². The monoisotopic (exact) mass is 420 g/mol. The van der Waals surface area contributed by atoms with Gasteiger partial charge in [0.15, 0.2) is 0 Å². The van der Waals surface area contributed by atoms with Crippen molar-refractivity contribution in [1.29, 1.82) is 0 Å². The molecule has 29 heavy (non-hydrogen) atoms. The Balaban J connectivity index is 1.76. The van der Waals surface area contributed by atoms with E-state index in [-0.39, 0.29) is 17.4 Å². The first-order chi connectivity index (χ1) is 13.8. The largest absolute Gasteiger partial charge is 0.395 e. The first-order valence-corrected chi connectivity index (χ1v) is 10.1. The SMILES string of the molecule is Cc1cc(F)c(NC(=O)NCCC2(C)CC2)cc1-c1cc(Cl)nc(NCCO)c1. The predicted molar refractivity (Wildman–Crippen MR) is 114 cm³/mol. The molecule has 0 atom stereocenters. The molecule has 1 heterocycles. The van der Waals surface area contributed by atoms with E-state index >= 15 is 0 Å². The highest BCUT2D eigenvalue weighted by Gasteiger charge is 2.36. The van der Waals surface area contributed by atoms with Crippen molar-refractivity contribution in [3.05, 3.63) is 40.8 Å². The van der Waals surface area contributed by atoms with Gasteiger partial charge in [0, 0.05) is 13.1 Å². The quantitative estimate of drug-likeness (QED) is 0.471. The van der Waals surface area contributed by atoms with Crippen molar-refractivity contribution in [2.24, 2.45) is 5.41 Å². The van der Waals surface area contributed by atoms with Gasteiger partial charge in [-0.1, -0.05) is 18.5 Å². The molecule has 6 nitrogen and oxygen atoms in total. The number of hydrogen-bond donors (Lipinski definition) is 4. The second-order valence-corrected chi connectivity index (χ2v) is 8.19. The minimum absolute atomic E-state index is 0.0402. The first kappa shape index (κ1) is 21.3. The number of carbonyl (C=O) groups excluding carboxylic acids is 1. The van der Waals surface area contributed by atoms with Crippen LogP contribution in [-0.4, -0.2) is 35.8 Å². The van der Waals surface area contributed by atoms with Crippen molar-refractivity contribution < 1.29 is 14.3 Å². The molecule has 2 aromatic rings. The zero-order valence-electron chi connectivity index (χ0n) is 16.6. The lowest BCUT2D eigenvalue weighted by Crippen LogP contribution is -2.30. The molecule has 1 aromatic heterocycles. The van der Waals surface area contributed by atoms with Gasteiger partial charge in [-0.25, -0.2) is 14.2 Å². The van der Waals surface area contributed by atoms with Gasteiger partial charge in [-0.3, -0.25) is 0 Å². The zero-order chi connectivity index (χ0) is 21.0. The van der Waals surface area contributed by atoms with Crippen molar-refractivity contribution >= 4 is 29.1 Å². The highest BCUT2D eigenvalue weighted by Crippen LogP contribution is 2.47. The summed E-state index contributed by atoms with van der Waals surface area (Å²) in [6, 6.07) is 5.98. The van der Waals surface area contributed by atoms with Crippen LogP contribution in [-0.2, 0) is 0 Å². The van der Waals surface area contributed by atoms with Crippen molar-refractivity contribution in [3.8, 4) is 11.1 Å². The smallest absolute Gasteiger partial charge is 0.319 e. The van der Waals surface area contributed by atoms with Gasteiger partial charge in [-0.05, 0) is 72.6 Å². The van der Waals surface area contributed by atoms with Crippen LogP contribution in [0.5, 0.6) is 0 Å². The van der Waals surface area contributed by atoms with Crippen LogP contribution in [0.15, 0.2) is 24.3 Å². The molecular formula is C21H26ClFN4O2. The summed E-state index contributed by atoms with van der Waals surface area (Å²) in [6.45, 7) is 4.83. The van der Waals surface area contributed by atoms with E-state index in [1.165, 1.54) is 18.9 Å². The molecule has 2 amide bonds. The molecule has 8 heteroatoms. The Labute approximate surface area is 174 Å². The zero-order valence-corrected chi connectivity index (χ0v) is 17.4. The van der Waals surface area contributed by atoms with Gasteiger partial charge in [0.25, 0.3) is 0 Å². The van der Waals surface area contributed by atoms with Crippen LogP contribution in [0.4, 0.5) is 20.7 Å². The van der Waals surface area contributed by atoms with Gasteiger partial charge in [0.05, 0.1) is 12.3 Å². The number of urea groups is 1. The minimum atomic E-state index is -0.505. The van der Waals surface area contributed by atoms with Crippen LogP contribution >= 0.6 is 11.6 Å². The third-order valence-corrected chi connectivity index (χ3v) is 5.40. The highest BCUT2D eigenvalue weighted by atomic mass is 35.5. The fraction of sp³-hybridized carbons (Fsp3) is 0.429. The molecule has 0 bridgehead atoms. The van der Waals surface area contributed by atoms with Gasteiger partial charge in [-0.15, -0.1) is 0 Å². The van der Waals surface area contributed by atoms with Crippen molar-refractivity contribution in [2.45, 2.75) is 33.1 Å². The molecule has 0 aliphatic heterocycles. The van der Waals surface area contributed by atoms with Gasteiger partial charge in [-0.2, -0.15) is 0 Å². The van der Waals surface area contributed by atoms with Gasteiger partial charge in [0.1, 0.15) is 16.8 Å². The Morgan fingerprint density at radius 3 is 2.72 bits per heavy atom. The Bertz CT molecular complexity index is 902. The molecule has 0 unspecified atom stereocenters. The number of anilines is 2. The molecule has 3 rings (SSSR count). The third kappa shape index (κ3) is 5.81. The number of pyridine rings is 1. The van der Waals surface area contributed by atoms with E-state index in [9.17, 15) is 9.18 Å². The van der Waals surface area contributed by atoms with Crippen molar-refractivity contribution in [3.63, 3.8) is 0 Å². The summed E-state index contributed by atoms with van der Waals surface area (Å²) in [6.07, 6.45) is 3.30. The van der Waals surface area contributed by atoms with E-state index in [1.807, 2.05) is 0 Å². The maximum Gasteiger partial charge on any atom is 0.319 e. The van der Waals surface area contributed by atoms with Crippen LogP contribution in [0, 0.1) is 18.2 Å². The molecule has 4 N–H and O–H groups in total. The Morgan fingerprint density at radius 2 is 2.03 bits per heavy atom. The number of aliphatic hydroxyl groups excluding tert-OH is 1. The molecule has 0 saturated heterocycles. The average Bonchev–Trinajstić information content (AvgIpc) is 3.39. The Kier molecular flexibility index (Phi) is 6.59. The maximum absolute atomic E-state index is 14.4. The summed E-state index contributed by atoms with van der Waals surface area (Å²) in [5, 5.41) is 17.6. The molecule has 0 radical (unpaired) electrons. The number of halogens is 2. The van der Waals surface area contributed by atoms with E-state index in [1.54, 1.807) is 25.1 Å². The molecule has 0 spiro atoms. The van der Waals surface area contributed by atoms with Crippen LogP contribution in [0.2, 0.25) is 5.15 Å². The van der Waals surface area contributed by atoms with E-state index in [4.69, 9.17) is 16.7 Å². The third-order valence-electron chi connectivity index (χ3n) is 5.20. The van der Waals surface area contributed by atoms with Crippen molar-refractivity contribution in [1.82, 2.24) is 10.3 Å². The maximum atomic E-state index is 14.4. The Morgan fingerprint density at radius 1 is 1.28 bits per heavy atom. The fourth-order valence-corrected chi connectivity index (χ4v) is 3.32. The number of aliphatic hydroxyl groups is 1. The van der Waals surface area contributed by atoms with Gasteiger partial charge < -0.3 is 21.1 Å². The summed E-state index contributed by atoms with van der Waals surface area (Å²) >= 11 is 6.12. The Hall–Kier alpha value is -2.38. The topological polar surface area (TPSA) is 86.3 Å². The molecular weight excluding hydrogens is 395 g/mol. The number of aromatic nitrogens is 1. The lowest BCUT2D eigenvalue weighted by atomic mass is 10.00. The van der Waals surface area contributed by atoms with E-state index in [0.717, 1.165) is 17.5 Å². The van der Waals surface area contributed by atoms with Crippen LogP contribution < -0.4 is 16.0 Å². The molecule has 1 saturated carbocycles. The molecule has 156 valence electrons. The molecule has 1 aliphatic carbocycles. The lowest BCUT2D eigenvalue weighted by molar-refractivity contribution is 0.251. The van der Waals surface area contributed by atoms with Gasteiger partial charge in [0.2, 0.25) is 0 Å². The predicted octanol–water partition coefficient (Wildman–Crippen LogP) is 4.57. The second-order valence-electron chi connectivity index (χ2n) is 7.80. The number of nitrogens with zero attached hydrogens (tertiary/aromatic N) is 1. The number of benzene rings is 1.